The number of hydrogen-bond donors (Lipinski definition) is 2. The number of piperazine rings is 1. The Morgan fingerprint density at radius 3 is 2.50 bits per heavy atom. The normalized spacial score (nSPS) is 16.8. The largest absolute Gasteiger partial charge is 0.504 e. The molecule has 0 aliphatic carbocycles. The van der Waals surface area contributed by atoms with Crippen LogP contribution in [0.4, 0.5) is 0 Å². The molecule has 5 heteroatoms. The van der Waals surface area contributed by atoms with Crippen molar-refractivity contribution in [2.45, 2.75) is 6.92 Å². The first-order chi connectivity index (χ1) is 9.60. The molecule has 1 fully saturated rings. The third-order valence-corrected chi connectivity index (χ3v) is 3.55. The van der Waals surface area contributed by atoms with Crippen LogP contribution in [0.2, 0.25) is 0 Å². The average Bonchev–Trinajstić information content (AvgIpc) is 2.48. The van der Waals surface area contributed by atoms with Crippen molar-refractivity contribution in [3.8, 4) is 11.5 Å². The van der Waals surface area contributed by atoms with Crippen LogP contribution in [0.5, 0.6) is 11.5 Å². The predicted octanol–water partition coefficient (Wildman–Crippen LogP) is 1.43. The van der Waals surface area contributed by atoms with Gasteiger partial charge in [0.25, 0.3) is 0 Å². The van der Waals surface area contributed by atoms with Crippen LogP contribution in [0.1, 0.15) is 17.3 Å². The van der Waals surface area contributed by atoms with Gasteiger partial charge in [0, 0.05) is 44.0 Å². The summed E-state index contributed by atoms with van der Waals surface area (Å²) in [6.45, 7) is 7.05. The molecule has 0 saturated carbocycles. The Bertz CT molecular complexity index is 506. The first-order valence-corrected chi connectivity index (χ1v) is 6.81. The molecule has 0 spiro atoms. The summed E-state index contributed by atoms with van der Waals surface area (Å²) in [7, 11) is 0. The summed E-state index contributed by atoms with van der Waals surface area (Å²) in [6.07, 6.45) is 3.31. The maximum absolute atomic E-state index is 12.0. The summed E-state index contributed by atoms with van der Waals surface area (Å²) >= 11 is 0. The molecule has 5 nitrogen and oxygen atoms in total. The molecule has 1 heterocycles. The second kappa shape index (κ2) is 6.43. The predicted molar refractivity (Wildman–Crippen MR) is 76.9 cm³/mol. The molecule has 20 heavy (non-hydrogen) atoms. The van der Waals surface area contributed by atoms with Crippen LogP contribution in [0.15, 0.2) is 30.5 Å². The molecule has 0 bridgehead atoms. The molecule has 0 amide bonds. The highest BCUT2D eigenvalue weighted by Gasteiger charge is 2.13. The van der Waals surface area contributed by atoms with E-state index in [2.05, 4.69) is 16.7 Å². The minimum atomic E-state index is -0.277. The van der Waals surface area contributed by atoms with E-state index in [0.29, 0.717) is 5.56 Å². The lowest BCUT2D eigenvalue weighted by molar-refractivity contribution is 0.104. The smallest absolute Gasteiger partial charge is 0.187 e. The Morgan fingerprint density at radius 1 is 1.20 bits per heavy atom. The van der Waals surface area contributed by atoms with Crippen LogP contribution in [-0.4, -0.2) is 58.5 Å². The van der Waals surface area contributed by atoms with Crippen molar-refractivity contribution < 1.29 is 15.0 Å². The lowest BCUT2D eigenvalue weighted by Gasteiger charge is -2.33. The van der Waals surface area contributed by atoms with E-state index >= 15 is 0 Å². The van der Waals surface area contributed by atoms with E-state index in [0.717, 1.165) is 32.7 Å². The zero-order valence-corrected chi connectivity index (χ0v) is 11.6. The van der Waals surface area contributed by atoms with Crippen LogP contribution in [-0.2, 0) is 0 Å². The SMILES string of the molecule is CCN1CCN(/C=C/C(=O)c2ccc(O)c(O)c2)CC1. The Labute approximate surface area is 118 Å². The van der Waals surface area contributed by atoms with E-state index in [1.165, 1.54) is 24.3 Å². The maximum atomic E-state index is 12.0. The summed E-state index contributed by atoms with van der Waals surface area (Å²) in [5.74, 6) is -0.680. The Kier molecular flexibility index (Phi) is 4.63. The standard InChI is InChI=1S/C15H20N2O3/c1-2-16-7-9-17(10-8-16)6-5-13(18)12-3-4-14(19)15(20)11-12/h3-6,11,19-20H,2,7-10H2,1H3/b6-5+. The molecule has 1 aliphatic heterocycles. The molecule has 0 unspecified atom stereocenters. The summed E-state index contributed by atoms with van der Waals surface area (Å²) < 4.78 is 0. The van der Waals surface area contributed by atoms with E-state index in [-0.39, 0.29) is 17.3 Å². The maximum Gasteiger partial charge on any atom is 0.187 e. The third-order valence-electron chi connectivity index (χ3n) is 3.55. The summed E-state index contributed by atoms with van der Waals surface area (Å²) in [6, 6.07) is 4.09. The second-order valence-corrected chi connectivity index (χ2v) is 4.85. The molecule has 2 N–H and O–H groups in total. The van der Waals surface area contributed by atoms with Gasteiger partial charge in [-0.15, -0.1) is 0 Å². The first kappa shape index (κ1) is 14.4. The number of carbonyl (C=O) groups excluding carboxylic acids is 1. The molecule has 1 aromatic rings. The highest BCUT2D eigenvalue weighted by atomic mass is 16.3. The molecular weight excluding hydrogens is 256 g/mol. The Balaban J connectivity index is 1.94. The summed E-state index contributed by atoms with van der Waals surface area (Å²) in [5.41, 5.74) is 0.365. The van der Waals surface area contributed by atoms with Gasteiger partial charge in [0.15, 0.2) is 17.3 Å². The van der Waals surface area contributed by atoms with E-state index in [1.54, 1.807) is 6.20 Å². The van der Waals surface area contributed by atoms with E-state index in [4.69, 9.17) is 0 Å². The number of phenolic OH excluding ortho intramolecular Hbond substituents is 2. The lowest BCUT2D eigenvalue weighted by Crippen LogP contribution is -2.43. The summed E-state index contributed by atoms with van der Waals surface area (Å²) in [5, 5.41) is 18.6. The zero-order valence-electron chi connectivity index (χ0n) is 11.6. The van der Waals surface area contributed by atoms with Gasteiger partial charge in [-0.2, -0.15) is 0 Å². The molecule has 1 aliphatic rings. The van der Waals surface area contributed by atoms with Gasteiger partial charge in [0.05, 0.1) is 0 Å². The van der Waals surface area contributed by atoms with Crippen molar-refractivity contribution in [1.29, 1.82) is 0 Å². The van der Waals surface area contributed by atoms with Gasteiger partial charge >= 0.3 is 0 Å². The summed E-state index contributed by atoms with van der Waals surface area (Å²) in [4.78, 5) is 16.4. The van der Waals surface area contributed by atoms with Gasteiger partial charge in [-0.3, -0.25) is 4.79 Å². The topological polar surface area (TPSA) is 64.0 Å². The average molecular weight is 276 g/mol. The number of ketones is 1. The van der Waals surface area contributed by atoms with Gasteiger partial charge < -0.3 is 20.0 Å². The molecule has 1 aromatic carbocycles. The Morgan fingerprint density at radius 2 is 1.90 bits per heavy atom. The Hall–Kier alpha value is -2.01. The van der Waals surface area contributed by atoms with Crippen molar-refractivity contribution in [3.63, 3.8) is 0 Å². The minimum Gasteiger partial charge on any atom is -0.504 e. The van der Waals surface area contributed by atoms with Crippen LogP contribution in [0, 0.1) is 0 Å². The van der Waals surface area contributed by atoms with Gasteiger partial charge in [0.2, 0.25) is 0 Å². The highest BCUT2D eigenvalue weighted by molar-refractivity contribution is 6.04. The van der Waals surface area contributed by atoms with Crippen molar-refractivity contribution in [3.05, 3.63) is 36.0 Å². The monoisotopic (exact) mass is 276 g/mol. The highest BCUT2D eigenvalue weighted by Crippen LogP contribution is 2.25. The van der Waals surface area contributed by atoms with Gasteiger partial charge in [-0.25, -0.2) is 0 Å². The van der Waals surface area contributed by atoms with Crippen molar-refractivity contribution >= 4 is 5.78 Å². The molecule has 0 aromatic heterocycles. The number of rotatable bonds is 4. The molecule has 0 radical (unpaired) electrons. The van der Waals surface area contributed by atoms with Crippen LogP contribution in [0.3, 0.4) is 0 Å². The van der Waals surface area contributed by atoms with Gasteiger partial charge in [-0.05, 0) is 24.7 Å². The first-order valence-electron chi connectivity index (χ1n) is 6.81. The third kappa shape index (κ3) is 3.51. The van der Waals surface area contributed by atoms with Crippen molar-refractivity contribution in [2.75, 3.05) is 32.7 Å². The van der Waals surface area contributed by atoms with Crippen molar-refractivity contribution in [1.82, 2.24) is 9.80 Å². The fourth-order valence-electron chi connectivity index (χ4n) is 2.17. The van der Waals surface area contributed by atoms with E-state index in [9.17, 15) is 15.0 Å². The zero-order chi connectivity index (χ0) is 14.5. The molecule has 1 saturated heterocycles. The fourth-order valence-corrected chi connectivity index (χ4v) is 2.17. The molecular formula is C15H20N2O3. The van der Waals surface area contributed by atoms with E-state index in [1.807, 2.05) is 0 Å². The van der Waals surface area contributed by atoms with Crippen LogP contribution in [0.25, 0.3) is 0 Å². The molecule has 0 atom stereocenters. The molecule has 108 valence electrons. The number of aromatic hydroxyl groups is 2. The number of benzene rings is 1. The quantitative estimate of drug-likeness (QED) is 0.495. The van der Waals surface area contributed by atoms with E-state index < -0.39 is 0 Å². The van der Waals surface area contributed by atoms with Crippen LogP contribution >= 0.6 is 0 Å². The lowest BCUT2D eigenvalue weighted by atomic mass is 10.1. The van der Waals surface area contributed by atoms with Crippen LogP contribution < -0.4 is 0 Å². The molecule has 2 rings (SSSR count). The van der Waals surface area contributed by atoms with Crippen molar-refractivity contribution in [2.24, 2.45) is 0 Å². The second-order valence-electron chi connectivity index (χ2n) is 4.85. The van der Waals surface area contributed by atoms with Gasteiger partial charge in [0.1, 0.15) is 0 Å². The number of carbonyl (C=O) groups is 1. The number of likely N-dealkylation sites (N-methyl/N-ethyl adjacent to an activating group) is 1. The van der Waals surface area contributed by atoms with Gasteiger partial charge in [-0.1, -0.05) is 6.92 Å². The minimum absolute atomic E-state index is 0.182. The fraction of sp³-hybridized carbons (Fsp3) is 0.400. The number of phenols is 2. The number of hydrogen-bond acceptors (Lipinski definition) is 5. The number of nitrogens with zero attached hydrogens (tertiary/aromatic N) is 2. The number of allylic oxidation sites excluding steroid dienone is 1.